The van der Waals surface area contributed by atoms with Crippen LogP contribution in [0.5, 0.6) is 0 Å². The van der Waals surface area contributed by atoms with Crippen LogP contribution in [-0.4, -0.2) is 55.7 Å². The number of ether oxygens (including phenoxy) is 1. The highest BCUT2D eigenvalue weighted by atomic mass is 32.2. The van der Waals surface area contributed by atoms with Crippen LogP contribution in [0, 0.1) is 0 Å². The second-order valence-corrected chi connectivity index (χ2v) is 7.84. The van der Waals surface area contributed by atoms with Crippen molar-refractivity contribution in [1.82, 2.24) is 9.62 Å². The Hall–Kier alpha value is -0.660. The first-order valence-electron chi connectivity index (χ1n) is 6.10. The van der Waals surface area contributed by atoms with Gasteiger partial charge in [-0.05, 0) is 27.7 Å². The molecule has 7 heteroatoms. The first kappa shape index (κ1) is 15.4. The molecule has 1 N–H and O–H groups in total. The Labute approximate surface area is 109 Å². The average Bonchev–Trinajstić information content (AvgIpc) is 2.28. The number of nitrogens with one attached hydrogen (secondary N) is 1. The molecule has 18 heavy (non-hydrogen) atoms. The monoisotopic (exact) mass is 278 g/mol. The normalized spacial score (nSPS) is 22.8. The van der Waals surface area contributed by atoms with Crippen LogP contribution in [-0.2, 0) is 19.6 Å². The molecule has 1 atom stereocenters. The molecule has 1 saturated heterocycles. The van der Waals surface area contributed by atoms with E-state index in [-0.39, 0.29) is 6.61 Å². The van der Waals surface area contributed by atoms with Gasteiger partial charge >= 0.3 is 5.97 Å². The molecule has 1 fully saturated rings. The van der Waals surface area contributed by atoms with Gasteiger partial charge in [-0.3, -0.25) is 4.79 Å². The third-order valence-corrected chi connectivity index (χ3v) is 5.44. The molecule has 6 nitrogen and oxygen atoms in total. The van der Waals surface area contributed by atoms with Gasteiger partial charge in [-0.15, -0.1) is 0 Å². The van der Waals surface area contributed by atoms with Crippen molar-refractivity contribution in [2.45, 2.75) is 38.5 Å². The van der Waals surface area contributed by atoms with Crippen LogP contribution in [0.25, 0.3) is 0 Å². The summed E-state index contributed by atoms with van der Waals surface area (Å²) >= 11 is 0. The number of carbonyl (C=O) groups is 1. The summed E-state index contributed by atoms with van der Waals surface area (Å²) in [5.74, 6) is -0.488. The molecule has 1 unspecified atom stereocenters. The third kappa shape index (κ3) is 3.02. The Kier molecular flexibility index (Phi) is 4.74. The summed E-state index contributed by atoms with van der Waals surface area (Å²) in [7, 11) is -3.52. The molecule has 0 aromatic heterocycles. The maximum atomic E-state index is 12.4. The van der Waals surface area contributed by atoms with Gasteiger partial charge in [0.05, 0.1) is 11.4 Å². The van der Waals surface area contributed by atoms with E-state index in [0.717, 1.165) is 0 Å². The van der Waals surface area contributed by atoms with E-state index in [4.69, 9.17) is 4.74 Å². The lowest BCUT2D eigenvalue weighted by molar-refractivity contribution is -0.148. The molecule has 0 aromatic carbocycles. The van der Waals surface area contributed by atoms with Gasteiger partial charge in [-0.1, -0.05) is 0 Å². The van der Waals surface area contributed by atoms with E-state index in [0.29, 0.717) is 19.6 Å². The summed E-state index contributed by atoms with van der Waals surface area (Å²) in [6.07, 6.45) is 0. The number of hydrogen-bond acceptors (Lipinski definition) is 5. The Bertz CT molecular complexity index is 400. The van der Waals surface area contributed by atoms with Gasteiger partial charge in [-0.25, -0.2) is 8.42 Å². The van der Waals surface area contributed by atoms with E-state index in [9.17, 15) is 13.2 Å². The average molecular weight is 278 g/mol. The summed E-state index contributed by atoms with van der Waals surface area (Å²) < 4.78 is 30.1. The van der Waals surface area contributed by atoms with Crippen molar-refractivity contribution < 1.29 is 17.9 Å². The van der Waals surface area contributed by atoms with Gasteiger partial charge in [0.25, 0.3) is 0 Å². The van der Waals surface area contributed by atoms with E-state index in [1.165, 1.54) is 4.31 Å². The zero-order valence-electron chi connectivity index (χ0n) is 11.4. The molecule has 0 aliphatic carbocycles. The van der Waals surface area contributed by atoms with E-state index in [1.54, 1.807) is 27.7 Å². The Morgan fingerprint density at radius 2 is 2.06 bits per heavy atom. The summed E-state index contributed by atoms with van der Waals surface area (Å²) in [5.41, 5.74) is 0. The van der Waals surface area contributed by atoms with Crippen LogP contribution < -0.4 is 5.32 Å². The van der Waals surface area contributed by atoms with Gasteiger partial charge in [-0.2, -0.15) is 4.31 Å². The molecule has 1 aliphatic rings. The maximum Gasteiger partial charge on any atom is 0.325 e. The summed E-state index contributed by atoms with van der Waals surface area (Å²) in [6, 6.07) is -0.761. The fourth-order valence-corrected chi connectivity index (χ4v) is 3.30. The van der Waals surface area contributed by atoms with E-state index < -0.39 is 26.8 Å². The molecule has 0 radical (unpaired) electrons. The Balaban J connectivity index is 3.00. The van der Waals surface area contributed by atoms with Crippen LogP contribution in [0.3, 0.4) is 0 Å². The van der Waals surface area contributed by atoms with Crippen molar-refractivity contribution in [2.75, 3.05) is 26.2 Å². The Morgan fingerprint density at radius 3 is 2.56 bits per heavy atom. The maximum absolute atomic E-state index is 12.4. The predicted octanol–water partition coefficient (Wildman–Crippen LogP) is -0.0484. The number of piperazine rings is 1. The van der Waals surface area contributed by atoms with Crippen LogP contribution in [0.2, 0.25) is 0 Å². The van der Waals surface area contributed by atoms with Crippen LogP contribution >= 0.6 is 0 Å². The smallest absolute Gasteiger partial charge is 0.325 e. The van der Waals surface area contributed by atoms with E-state index >= 15 is 0 Å². The molecule has 1 heterocycles. The standard InChI is InChI=1S/C11H22N2O4S/c1-5-17-10(14)9-8-12-6-7-13(9)18(15,16)11(2,3)4/h9,12H,5-8H2,1-4H3. The van der Waals surface area contributed by atoms with E-state index in [2.05, 4.69) is 5.32 Å². The highest BCUT2D eigenvalue weighted by molar-refractivity contribution is 7.90. The number of sulfonamides is 1. The molecule has 0 amide bonds. The minimum atomic E-state index is -3.52. The van der Waals surface area contributed by atoms with Crippen molar-refractivity contribution in [3.63, 3.8) is 0 Å². The predicted molar refractivity (Wildman–Crippen MR) is 68.7 cm³/mol. The van der Waals surface area contributed by atoms with Crippen LogP contribution in [0.1, 0.15) is 27.7 Å². The van der Waals surface area contributed by atoms with Crippen molar-refractivity contribution in [2.24, 2.45) is 0 Å². The van der Waals surface area contributed by atoms with Crippen molar-refractivity contribution in [3.05, 3.63) is 0 Å². The van der Waals surface area contributed by atoms with Gasteiger partial charge < -0.3 is 10.1 Å². The highest BCUT2D eigenvalue weighted by Crippen LogP contribution is 2.23. The fraction of sp³-hybridized carbons (Fsp3) is 0.909. The minimum absolute atomic E-state index is 0.249. The molecule has 106 valence electrons. The lowest BCUT2D eigenvalue weighted by Gasteiger charge is -2.37. The van der Waals surface area contributed by atoms with Gasteiger partial charge in [0, 0.05) is 19.6 Å². The number of carbonyl (C=O) groups excluding carboxylic acids is 1. The Morgan fingerprint density at radius 1 is 1.44 bits per heavy atom. The number of nitrogens with zero attached hydrogens (tertiary/aromatic N) is 1. The lowest BCUT2D eigenvalue weighted by Crippen LogP contribution is -2.60. The zero-order chi connectivity index (χ0) is 14.0. The largest absolute Gasteiger partial charge is 0.465 e. The minimum Gasteiger partial charge on any atom is -0.465 e. The van der Waals surface area contributed by atoms with Gasteiger partial charge in [0.1, 0.15) is 6.04 Å². The van der Waals surface area contributed by atoms with Crippen molar-refractivity contribution in [3.8, 4) is 0 Å². The number of hydrogen-bond donors (Lipinski definition) is 1. The van der Waals surface area contributed by atoms with Gasteiger partial charge in [0.2, 0.25) is 10.0 Å². The third-order valence-electron chi connectivity index (χ3n) is 2.84. The summed E-state index contributed by atoms with van der Waals surface area (Å²) in [6.45, 7) is 7.99. The molecule has 0 aromatic rings. The SMILES string of the molecule is CCOC(=O)C1CNCCN1S(=O)(=O)C(C)(C)C. The first-order valence-corrected chi connectivity index (χ1v) is 7.54. The second kappa shape index (κ2) is 5.54. The first-order chi connectivity index (χ1) is 8.21. The molecule has 1 rings (SSSR count). The number of rotatable bonds is 3. The summed E-state index contributed by atoms with van der Waals surface area (Å²) in [5, 5.41) is 3.02. The zero-order valence-corrected chi connectivity index (χ0v) is 12.2. The van der Waals surface area contributed by atoms with Crippen LogP contribution in [0.15, 0.2) is 0 Å². The molecule has 0 saturated carbocycles. The second-order valence-electron chi connectivity index (χ2n) is 5.20. The van der Waals surface area contributed by atoms with Crippen molar-refractivity contribution >= 4 is 16.0 Å². The fourth-order valence-electron chi connectivity index (χ4n) is 1.76. The summed E-state index contributed by atoms with van der Waals surface area (Å²) in [4.78, 5) is 11.8. The molecular formula is C11H22N2O4S. The highest BCUT2D eigenvalue weighted by Gasteiger charge is 2.43. The molecule has 1 aliphatic heterocycles. The van der Waals surface area contributed by atoms with E-state index in [1.807, 2.05) is 0 Å². The van der Waals surface area contributed by atoms with Crippen molar-refractivity contribution in [1.29, 1.82) is 0 Å². The number of esters is 1. The molecule has 0 spiro atoms. The quantitative estimate of drug-likeness (QED) is 0.733. The van der Waals surface area contributed by atoms with Gasteiger partial charge in [0.15, 0.2) is 0 Å². The van der Waals surface area contributed by atoms with Crippen LogP contribution in [0.4, 0.5) is 0 Å². The molecule has 0 bridgehead atoms. The molecular weight excluding hydrogens is 256 g/mol. The topological polar surface area (TPSA) is 75.7 Å². The lowest BCUT2D eigenvalue weighted by atomic mass is 10.2.